The second kappa shape index (κ2) is 6.78. The van der Waals surface area contributed by atoms with E-state index in [9.17, 15) is 4.79 Å². The molecule has 4 saturated carbocycles. The van der Waals surface area contributed by atoms with Gasteiger partial charge in [-0.2, -0.15) is 0 Å². The van der Waals surface area contributed by atoms with Crippen molar-refractivity contribution in [1.82, 2.24) is 15.1 Å². The van der Waals surface area contributed by atoms with Crippen LogP contribution in [-0.4, -0.2) is 39.8 Å². The normalized spacial score (nSPS) is 40.5. The van der Waals surface area contributed by atoms with Gasteiger partial charge in [0.2, 0.25) is 11.8 Å². The van der Waals surface area contributed by atoms with Crippen LogP contribution in [0.4, 0.5) is 0 Å². The molecule has 0 N–H and O–H groups in total. The molecule has 148 valence electrons. The molecule has 0 aromatic carbocycles. The second-order valence-electron chi connectivity index (χ2n) is 10.1. The van der Waals surface area contributed by atoms with Crippen molar-refractivity contribution in [3.05, 3.63) is 5.89 Å². The lowest BCUT2D eigenvalue weighted by atomic mass is 9.49. The Balaban J connectivity index is 1.22. The van der Waals surface area contributed by atoms with Crippen molar-refractivity contribution < 1.29 is 9.21 Å². The summed E-state index contributed by atoms with van der Waals surface area (Å²) in [5, 5.41) is 9.33. The summed E-state index contributed by atoms with van der Waals surface area (Å²) in [7, 11) is 0. The van der Waals surface area contributed by atoms with E-state index in [1.54, 1.807) is 0 Å². The average molecular weight is 390 g/mol. The Morgan fingerprint density at radius 3 is 2.22 bits per heavy atom. The summed E-state index contributed by atoms with van der Waals surface area (Å²) in [6.45, 7) is 6.23. The van der Waals surface area contributed by atoms with Gasteiger partial charge in [-0.05, 0) is 74.5 Å². The largest absolute Gasteiger partial charge is 0.415 e. The maximum Gasteiger partial charge on any atom is 0.277 e. The third kappa shape index (κ3) is 3.43. The van der Waals surface area contributed by atoms with E-state index in [2.05, 4.69) is 24.0 Å². The summed E-state index contributed by atoms with van der Waals surface area (Å²) in [5.74, 6) is 5.24. The van der Waals surface area contributed by atoms with E-state index in [1.807, 2.05) is 4.90 Å². The molecule has 4 aliphatic carbocycles. The van der Waals surface area contributed by atoms with E-state index >= 15 is 0 Å². The first-order valence-corrected chi connectivity index (χ1v) is 11.7. The van der Waals surface area contributed by atoms with Crippen LogP contribution in [0.5, 0.6) is 0 Å². The topological polar surface area (TPSA) is 59.2 Å². The van der Waals surface area contributed by atoms with Crippen molar-refractivity contribution >= 4 is 17.7 Å². The first-order valence-electron chi connectivity index (χ1n) is 10.7. The monoisotopic (exact) mass is 389 g/mol. The molecule has 1 amide bonds. The number of carbonyl (C=O) groups excluding carboxylic acids is 1. The van der Waals surface area contributed by atoms with Gasteiger partial charge in [0.05, 0.1) is 5.75 Å². The molecule has 5 fully saturated rings. The summed E-state index contributed by atoms with van der Waals surface area (Å²) in [6, 6.07) is 0. The molecule has 0 spiro atoms. The van der Waals surface area contributed by atoms with Crippen LogP contribution in [0.3, 0.4) is 0 Å². The number of nitrogens with zero attached hydrogens (tertiary/aromatic N) is 3. The number of hydrogen-bond acceptors (Lipinski definition) is 5. The van der Waals surface area contributed by atoms with E-state index in [0.29, 0.717) is 22.8 Å². The fraction of sp³-hybridized carbons (Fsp3) is 0.857. The van der Waals surface area contributed by atoms with Crippen LogP contribution in [0.2, 0.25) is 0 Å². The van der Waals surface area contributed by atoms with E-state index in [-0.39, 0.29) is 11.3 Å². The maximum absolute atomic E-state index is 12.6. The Morgan fingerprint density at radius 1 is 1.04 bits per heavy atom. The third-order valence-corrected chi connectivity index (χ3v) is 8.24. The van der Waals surface area contributed by atoms with Gasteiger partial charge in [0.1, 0.15) is 0 Å². The predicted octanol–water partition coefficient (Wildman–Crippen LogP) is 4.13. The van der Waals surface area contributed by atoms with Crippen LogP contribution >= 0.6 is 11.8 Å². The molecular formula is C21H31N3O2S. The lowest BCUT2D eigenvalue weighted by Gasteiger charge is -2.55. The fourth-order valence-electron chi connectivity index (χ4n) is 6.94. The molecule has 4 bridgehead atoms. The first-order chi connectivity index (χ1) is 13.0. The number of rotatable bonds is 4. The molecule has 1 aliphatic heterocycles. The van der Waals surface area contributed by atoms with Crippen molar-refractivity contribution in [2.24, 2.45) is 29.6 Å². The van der Waals surface area contributed by atoms with Gasteiger partial charge in [0, 0.05) is 18.5 Å². The molecule has 27 heavy (non-hydrogen) atoms. The Labute approximate surface area is 166 Å². The molecule has 0 unspecified atom stereocenters. The van der Waals surface area contributed by atoms with Crippen LogP contribution in [0.25, 0.3) is 0 Å². The lowest BCUT2D eigenvalue weighted by molar-refractivity contribution is -0.130. The van der Waals surface area contributed by atoms with Gasteiger partial charge in [-0.25, -0.2) is 0 Å². The Hall–Kier alpha value is -1.04. The zero-order valence-corrected chi connectivity index (χ0v) is 17.3. The molecule has 1 saturated heterocycles. The minimum absolute atomic E-state index is 0.141. The summed E-state index contributed by atoms with van der Waals surface area (Å²) in [5.41, 5.74) is 0.141. The standard InChI is InChI=1S/C21H31N3O2S/c1-13-3-14(2)11-24(10-13)18(25)12-27-20-23-22-19(26-20)21-7-15-4-16(8-21)6-17(5-15)9-21/h13-17H,3-12H2,1-2H3/t13-,14-,15?,16?,17?,21?/m0/s1. The van der Waals surface area contributed by atoms with Gasteiger partial charge in [-0.3, -0.25) is 4.79 Å². The molecule has 1 aromatic heterocycles. The second-order valence-corrected chi connectivity index (χ2v) is 11.0. The van der Waals surface area contributed by atoms with Gasteiger partial charge in [-0.15, -0.1) is 10.2 Å². The minimum atomic E-state index is 0.141. The third-order valence-electron chi connectivity index (χ3n) is 7.44. The molecule has 6 rings (SSSR count). The van der Waals surface area contributed by atoms with Crippen molar-refractivity contribution in [2.75, 3.05) is 18.8 Å². The Kier molecular flexibility index (Phi) is 4.53. The van der Waals surface area contributed by atoms with Crippen molar-refractivity contribution in [3.8, 4) is 0 Å². The summed E-state index contributed by atoms with van der Waals surface area (Å²) in [4.78, 5) is 14.6. The number of hydrogen-bond donors (Lipinski definition) is 0. The fourth-order valence-corrected chi connectivity index (χ4v) is 7.60. The Morgan fingerprint density at radius 2 is 1.63 bits per heavy atom. The highest BCUT2D eigenvalue weighted by atomic mass is 32.2. The Bertz CT molecular complexity index is 673. The van der Waals surface area contributed by atoms with Gasteiger partial charge >= 0.3 is 0 Å². The number of carbonyl (C=O) groups is 1. The molecule has 2 heterocycles. The summed E-state index contributed by atoms with van der Waals surface area (Å²) >= 11 is 1.42. The van der Waals surface area contributed by atoms with Crippen LogP contribution in [0.1, 0.15) is 64.7 Å². The molecule has 6 heteroatoms. The molecule has 0 radical (unpaired) electrons. The van der Waals surface area contributed by atoms with Gasteiger partial charge < -0.3 is 9.32 Å². The summed E-state index contributed by atoms with van der Waals surface area (Å²) < 4.78 is 6.12. The zero-order chi connectivity index (χ0) is 18.6. The van der Waals surface area contributed by atoms with Crippen LogP contribution in [0.15, 0.2) is 9.64 Å². The smallest absolute Gasteiger partial charge is 0.277 e. The van der Waals surface area contributed by atoms with Crippen molar-refractivity contribution in [2.45, 2.75) is 69.4 Å². The number of piperidine rings is 1. The summed E-state index contributed by atoms with van der Waals surface area (Å²) in [6.07, 6.45) is 9.15. The number of thioether (sulfide) groups is 1. The molecular weight excluding hydrogens is 358 g/mol. The average Bonchev–Trinajstić information content (AvgIpc) is 3.07. The molecule has 5 nitrogen and oxygen atoms in total. The first kappa shape index (κ1) is 18.0. The van der Waals surface area contributed by atoms with Crippen molar-refractivity contribution in [3.63, 3.8) is 0 Å². The maximum atomic E-state index is 12.6. The SMILES string of the molecule is C[C@H]1C[C@H](C)CN(C(=O)CSc2nnc(C34CC5CC(CC(C5)C3)C4)o2)C1. The molecule has 5 aliphatic rings. The van der Waals surface area contributed by atoms with Gasteiger partial charge in [-0.1, -0.05) is 25.6 Å². The van der Waals surface area contributed by atoms with E-state index in [1.165, 1.54) is 56.7 Å². The van der Waals surface area contributed by atoms with E-state index in [0.717, 1.165) is 36.7 Å². The van der Waals surface area contributed by atoms with Crippen LogP contribution < -0.4 is 0 Å². The highest BCUT2D eigenvalue weighted by Crippen LogP contribution is 2.60. The van der Waals surface area contributed by atoms with Crippen LogP contribution in [0, 0.1) is 29.6 Å². The predicted molar refractivity (Wildman–Crippen MR) is 104 cm³/mol. The molecule has 1 aromatic rings. The number of amides is 1. The van der Waals surface area contributed by atoms with Gasteiger partial charge in [0.15, 0.2) is 0 Å². The highest BCUT2D eigenvalue weighted by molar-refractivity contribution is 7.99. The van der Waals surface area contributed by atoms with Crippen LogP contribution in [-0.2, 0) is 10.2 Å². The minimum Gasteiger partial charge on any atom is -0.415 e. The van der Waals surface area contributed by atoms with E-state index in [4.69, 9.17) is 4.42 Å². The highest BCUT2D eigenvalue weighted by Gasteiger charge is 2.54. The molecule has 2 atom stereocenters. The lowest BCUT2D eigenvalue weighted by Crippen LogP contribution is -2.48. The zero-order valence-electron chi connectivity index (χ0n) is 16.5. The quantitative estimate of drug-likeness (QED) is 0.725. The van der Waals surface area contributed by atoms with E-state index < -0.39 is 0 Å². The van der Waals surface area contributed by atoms with Gasteiger partial charge in [0.25, 0.3) is 5.22 Å². The number of aromatic nitrogens is 2. The van der Waals surface area contributed by atoms with Crippen molar-refractivity contribution in [1.29, 1.82) is 0 Å². The number of likely N-dealkylation sites (tertiary alicyclic amines) is 1.